The van der Waals surface area contributed by atoms with Crippen molar-refractivity contribution >= 4 is 111 Å². The van der Waals surface area contributed by atoms with Crippen LogP contribution in [-0.4, -0.2) is 303 Å². The van der Waals surface area contributed by atoms with Crippen LogP contribution >= 0.6 is 0 Å². The maximum absolute atomic E-state index is 15.3. The van der Waals surface area contributed by atoms with Crippen LogP contribution in [-0.2, 0) is 112 Å². The van der Waals surface area contributed by atoms with Gasteiger partial charge in [0.25, 0.3) is 0 Å². The van der Waals surface area contributed by atoms with Gasteiger partial charge in [0, 0.05) is 94.3 Å². The SMILES string of the molecule is N=C(N)NCCC[C@@H]1NC(=O)[C@@H](Cc2ccccc2)NC(=O)[C@@H]2C[C@@H](O)CN2C(=O)[C@@H](NC(=O)[C@@H](CCCN)NC(=O)CNC(=O)[C@H](Cc2c[nH]cn2)NC(=O)[C@H](CCC(N)=O)NC(=O)[C@H](CO)NC(=O)CNC(=O)COCCOCCNC(=O)CCCCCCCCCCCCCCCc2nnn[nH]2)CCC(=O)CNCCCC[C@@H](C(N)=O)NC(=O)[C@H](Cc2c[nH]c3ccccc23)NC1=O. The molecule has 2 aliphatic heterocycles. The predicted octanol–water partition coefficient (Wildman–Crippen LogP) is -4.29. The molecular weight excluding hydrogens is 1770 g/mol. The number of nitrogens with two attached hydrogens (primary N) is 4. The van der Waals surface area contributed by atoms with Crippen molar-refractivity contribution in [1.82, 2.24) is 115 Å². The van der Waals surface area contributed by atoms with Gasteiger partial charge in [-0.15, -0.1) is 5.10 Å². The van der Waals surface area contributed by atoms with Crippen LogP contribution in [0.3, 0.4) is 0 Å². The fourth-order valence-electron chi connectivity index (χ4n) is 15.5. The van der Waals surface area contributed by atoms with E-state index in [9.17, 15) is 77.3 Å². The highest BCUT2D eigenvalue weighted by atomic mass is 16.5. The number of guanidine groups is 1. The highest BCUT2D eigenvalue weighted by molar-refractivity contribution is 6.00. The Morgan fingerprint density at radius 3 is 1.92 bits per heavy atom. The molecule has 5 aromatic rings. The van der Waals surface area contributed by atoms with Gasteiger partial charge in [-0.2, -0.15) is 0 Å². The summed E-state index contributed by atoms with van der Waals surface area (Å²) < 4.78 is 10.8. The molecule has 3 aromatic heterocycles. The van der Waals surface area contributed by atoms with E-state index in [0.717, 1.165) is 60.2 Å². The topological polar surface area (TPSA) is 731 Å². The van der Waals surface area contributed by atoms with Gasteiger partial charge < -0.3 is 132 Å². The number of carbonyl (C=O) groups excluding carboxylic acids is 16. The third kappa shape index (κ3) is 41.9. The zero-order valence-electron chi connectivity index (χ0n) is 77.0. The van der Waals surface area contributed by atoms with E-state index in [1.165, 1.54) is 63.9 Å². The number of para-hydroxylation sites is 1. The predicted molar refractivity (Wildman–Crippen MR) is 494 cm³/mol. The van der Waals surface area contributed by atoms with Crippen molar-refractivity contribution in [2.24, 2.45) is 22.9 Å². The number of aromatic nitrogens is 7. The number of imidazole rings is 1. The maximum atomic E-state index is 15.3. The van der Waals surface area contributed by atoms with Crippen LogP contribution in [0.25, 0.3) is 10.9 Å². The van der Waals surface area contributed by atoms with E-state index in [1.54, 1.807) is 48.7 Å². The van der Waals surface area contributed by atoms with Crippen LogP contribution in [0.15, 0.2) is 73.3 Å². The molecule has 0 bridgehead atoms. The standard InChI is InChI=1S/C89H137N27O20/c90-36-21-28-64(103-77(123)51-101-80(126)70(45-58-48-96-55-102-58)110-83(129)66(34-35-73(91)120)107-86(132)71(53-117)104-76(122)50-100-78(124)54-136-42-41-135-40-39-97-75(121)31-16-11-9-7-5-3-1-2-4-6-8-10-15-30-74-112-114-115-113-74)81(127)108-67-33-32-59(118)49-95-37-20-19-27-63(79(92)125)105-85(131)69(44-57-47-99-62-26-18-17-25-61(57)62)109-82(128)65(29-22-38-98-89(93)94)106-84(130)68(43-56-23-13-12-14-24-56)111-87(133)72-46-60(119)52-116(72)88(67)134/h12-14,17-18,23-26,47-48,55,60,63-72,95,99,117,119H,1-11,15-16,19-22,27-46,49-54,90H2,(H2,91,120)(H2,92,125)(H,96,102)(H,97,121)(H,100,124)(H,101,126)(H,103,123)(H,104,122)(H,105,131)(H,106,130)(H,107,132)(H,108,127)(H,109,128)(H,110,129)(H,111,133)(H4,93,94,98)(H,112,113,114,115)/t60-,63+,64-,65+,66+,67+,68-,69+,70+,71+,72+/m1/s1. The van der Waals surface area contributed by atoms with Crippen molar-refractivity contribution in [1.29, 1.82) is 5.41 Å². The summed E-state index contributed by atoms with van der Waals surface area (Å²) in [6.45, 7) is -3.11. The number of amides is 15. The van der Waals surface area contributed by atoms with Gasteiger partial charge in [0.2, 0.25) is 88.6 Å². The van der Waals surface area contributed by atoms with Crippen molar-refractivity contribution in [2.45, 2.75) is 259 Å². The number of hydrogen-bond donors (Lipinski definition) is 24. The number of aryl methyl sites for hydroxylation is 1. The lowest BCUT2D eigenvalue weighted by Gasteiger charge is -2.31. The van der Waals surface area contributed by atoms with Crippen molar-refractivity contribution < 1.29 is 96.4 Å². The molecule has 2 aliphatic rings. The van der Waals surface area contributed by atoms with E-state index in [2.05, 4.69) is 110 Å². The molecule has 0 unspecified atom stereocenters. The van der Waals surface area contributed by atoms with Crippen molar-refractivity contribution in [3.63, 3.8) is 0 Å². The van der Waals surface area contributed by atoms with Gasteiger partial charge in [0.05, 0.1) is 64.2 Å². The maximum Gasteiger partial charge on any atom is 0.246 e. The number of hydrogen-bond acceptors (Lipinski definition) is 27. The average Bonchev–Trinajstić information content (AvgIpc) is 1.69. The summed E-state index contributed by atoms with van der Waals surface area (Å²) in [7, 11) is 0. The van der Waals surface area contributed by atoms with E-state index in [-0.39, 0.29) is 128 Å². The van der Waals surface area contributed by atoms with Gasteiger partial charge in [0.15, 0.2) is 5.96 Å². The summed E-state index contributed by atoms with van der Waals surface area (Å²) in [5, 5.41) is 80.3. The molecule has 2 saturated heterocycles. The number of H-pyrrole nitrogens is 3. The lowest BCUT2D eigenvalue weighted by molar-refractivity contribution is -0.143. The lowest BCUT2D eigenvalue weighted by atomic mass is 10.0. The Morgan fingerprint density at radius 2 is 1.24 bits per heavy atom. The number of aromatic amines is 3. The number of ketones is 1. The zero-order valence-corrected chi connectivity index (χ0v) is 77.0. The fourth-order valence-corrected chi connectivity index (χ4v) is 15.5. The smallest absolute Gasteiger partial charge is 0.246 e. The molecule has 0 spiro atoms. The van der Waals surface area contributed by atoms with E-state index in [4.69, 9.17) is 37.8 Å². The number of rotatable bonds is 55. The number of fused-ring (bicyclic) bond motifs is 2. The third-order valence-corrected chi connectivity index (χ3v) is 22.9. The van der Waals surface area contributed by atoms with Crippen molar-refractivity contribution in [2.75, 3.05) is 85.4 Å². The molecule has 2 aromatic carbocycles. The number of ether oxygens (including phenoxy) is 2. The molecule has 136 heavy (non-hydrogen) atoms. The number of nitrogens with one attached hydrogen (secondary N) is 18. The molecule has 748 valence electrons. The highest BCUT2D eigenvalue weighted by Gasteiger charge is 2.44. The first-order chi connectivity index (χ1) is 65.6. The summed E-state index contributed by atoms with van der Waals surface area (Å²) in [4.78, 5) is 234. The second-order valence-electron chi connectivity index (χ2n) is 33.8. The fraction of sp³-hybridized carbons (Fsp3) is 0.607. The Hall–Kier alpha value is -13.0. The first-order valence-electron chi connectivity index (χ1n) is 46.7. The molecule has 7 rings (SSSR count). The minimum atomic E-state index is -1.75. The Kier molecular flexibility index (Phi) is 50.0. The van der Waals surface area contributed by atoms with Crippen LogP contribution in [0.2, 0.25) is 0 Å². The third-order valence-electron chi connectivity index (χ3n) is 22.9. The summed E-state index contributed by atoms with van der Waals surface area (Å²) >= 11 is 0. The van der Waals surface area contributed by atoms with Crippen molar-refractivity contribution in [3.8, 4) is 0 Å². The number of tetrazole rings is 1. The number of Topliss-reactive ketones (excluding diaryl/α,β-unsaturated/α-hetero) is 1. The van der Waals surface area contributed by atoms with Crippen molar-refractivity contribution in [3.05, 3.63) is 96.0 Å². The molecule has 0 aliphatic carbocycles. The first-order valence-corrected chi connectivity index (χ1v) is 46.7. The van der Waals surface area contributed by atoms with Crippen LogP contribution in [0.1, 0.15) is 190 Å². The normalized spacial score (nSPS) is 18.7. The highest BCUT2D eigenvalue weighted by Crippen LogP contribution is 2.24. The van der Waals surface area contributed by atoms with Gasteiger partial charge in [0.1, 0.15) is 78.6 Å². The van der Waals surface area contributed by atoms with Crippen LogP contribution in [0, 0.1) is 5.41 Å². The number of primary amides is 2. The Morgan fingerprint density at radius 1 is 0.596 bits per heavy atom. The van der Waals surface area contributed by atoms with Crippen LogP contribution in [0.5, 0.6) is 0 Å². The number of carbonyl (C=O) groups is 16. The molecule has 28 N–H and O–H groups in total. The molecule has 2 fully saturated rings. The van der Waals surface area contributed by atoms with Crippen LogP contribution < -0.4 is 97.4 Å². The van der Waals surface area contributed by atoms with E-state index in [1.807, 2.05) is 12.1 Å². The summed E-state index contributed by atoms with van der Waals surface area (Å²) in [6, 6.07) is 0.133. The zero-order chi connectivity index (χ0) is 98.4. The lowest BCUT2D eigenvalue weighted by Crippen LogP contribution is -2.60. The molecule has 47 nitrogen and oxygen atoms in total. The van der Waals surface area contributed by atoms with E-state index >= 15 is 9.59 Å². The second kappa shape index (κ2) is 61.8. The quantitative estimate of drug-likeness (QED) is 0.00995. The number of aliphatic hydroxyl groups is 2. The Balaban J connectivity index is 0.932. The second-order valence-corrected chi connectivity index (χ2v) is 33.8. The monoisotopic (exact) mass is 1900 g/mol. The molecule has 0 radical (unpaired) electrons. The Bertz CT molecular complexity index is 4620. The van der Waals surface area contributed by atoms with Gasteiger partial charge in [-0.25, -0.2) is 10.1 Å². The molecule has 11 atom stereocenters. The molecule has 0 saturated carbocycles. The number of unbranched alkanes of at least 4 members (excludes halogenated alkanes) is 12. The molecular formula is C89H137N27O20. The van der Waals surface area contributed by atoms with Crippen LogP contribution in [0.4, 0.5) is 0 Å². The number of nitrogens with zero attached hydrogens (tertiary/aromatic N) is 5. The summed E-state index contributed by atoms with van der Waals surface area (Å²) in [5.74, 6) is -13.4. The minimum Gasteiger partial charge on any atom is -0.394 e. The van der Waals surface area contributed by atoms with Gasteiger partial charge in [-0.3, -0.25) is 82.1 Å². The molecule has 5 heterocycles. The van der Waals surface area contributed by atoms with E-state index < -0.39 is 220 Å². The van der Waals surface area contributed by atoms with E-state index in [0.29, 0.717) is 24.0 Å². The summed E-state index contributed by atoms with van der Waals surface area (Å²) in [6.07, 6.45) is 16.7. The molecule has 15 amide bonds. The number of aliphatic hydroxyl groups excluding tert-OH is 2. The average molecular weight is 1910 g/mol. The number of benzene rings is 2. The van der Waals surface area contributed by atoms with Gasteiger partial charge in [-0.05, 0) is 111 Å². The largest absolute Gasteiger partial charge is 0.394 e. The Labute approximate surface area is 787 Å². The summed E-state index contributed by atoms with van der Waals surface area (Å²) in [5.41, 5.74) is 24.9. The first kappa shape index (κ1) is 110. The minimum absolute atomic E-state index is 0.00833. The van der Waals surface area contributed by atoms with Gasteiger partial charge >= 0.3 is 0 Å². The van der Waals surface area contributed by atoms with Gasteiger partial charge in [-0.1, -0.05) is 119 Å². The molecule has 47 heteroatoms.